The maximum Gasteiger partial charge on any atom is 0.283 e. The molecule has 0 unspecified atom stereocenters. The molecule has 0 aliphatic carbocycles. The van der Waals surface area contributed by atoms with Crippen molar-refractivity contribution in [3.05, 3.63) is 83.9 Å². The molecule has 0 radical (unpaired) electrons. The number of nitrogens with zero attached hydrogens (tertiary/aromatic N) is 1. The van der Waals surface area contributed by atoms with E-state index in [0.29, 0.717) is 12.1 Å². The molecular weight excluding hydrogens is 318 g/mol. The van der Waals surface area contributed by atoms with Crippen LogP contribution in [0.5, 0.6) is 0 Å². The second kappa shape index (κ2) is 6.88. The third-order valence-corrected chi connectivity index (χ3v) is 5.04. The number of benzene rings is 3. The van der Waals surface area contributed by atoms with E-state index in [1.807, 2.05) is 72.8 Å². The Bertz CT molecular complexity index is 1020. The van der Waals surface area contributed by atoms with Crippen LogP contribution in [-0.4, -0.2) is 19.8 Å². The molecule has 0 atom stereocenters. The fraction of sp³-hybridized carbons (Fsp3) is 0.100. The van der Waals surface area contributed by atoms with Crippen molar-refractivity contribution in [1.82, 2.24) is 4.31 Å². The third-order valence-electron chi connectivity index (χ3n) is 3.73. The quantitative estimate of drug-likeness (QED) is 0.686. The molecule has 0 aromatic heterocycles. The first-order valence-electron chi connectivity index (χ1n) is 7.56. The van der Waals surface area contributed by atoms with E-state index in [4.69, 9.17) is 0 Å². The van der Waals surface area contributed by atoms with Gasteiger partial charge in [-0.3, -0.25) is 0 Å². The number of hydrogen-bond acceptors (Lipinski definition) is 2. The molecule has 0 amide bonds. The van der Waals surface area contributed by atoms with Gasteiger partial charge in [0, 0.05) is 24.4 Å². The molecule has 3 nitrogen and oxygen atoms in total. The van der Waals surface area contributed by atoms with Gasteiger partial charge in [0.15, 0.2) is 0 Å². The Morgan fingerprint density at radius 2 is 1.54 bits per heavy atom. The average Bonchev–Trinajstić information content (AvgIpc) is 2.60. The fourth-order valence-corrected chi connectivity index (χ4v) is 3.12. The molecule has 3 aromatic carbocycles. The summed E-state index contributed by atoms with van der Waals surface area (Å²) in [4.78, 5) is 0. The molecule has 0 saturated carbocycles. The third kappa shape index (κ3) is 3.83. The van der Waals surface area contributed by atoms with E-state index in [1.54, 1.807) is 0 Å². The fourth-order valence-electron chi connectivity index (χ4n) is 2.39. The number of rotatable bonds is 3. The zero-order chi connectivity index (χ0) is 17.0. The summed E-state index contributed by atoms with van der Waals surface area (Å²) >= 11 is 0. The molecule has 0 spiro atoms. The highest BCUT2D eigenvalue weighted by Crippen LogP contribution is 2.15. The Morgan fingerprint density at radius 3 is 2.29 bits per heavy atom. The van der Waals surface area contributed by atoms with Gasteiger partial charge in [-0.2, -0.15) is 12.7 Å². The Kier molecular flexibility index (Phi) is 4.66. The minimum atomic E-state index is -3.64. The Morgan fingerprint density at radius 1 is 0.875 bits per heavy atom. The summed E-state index contributed by atoms with van der Waals surface area (Å²) in [5.41, 5.74) is 1.61. The van der Waals surface area contributed by atoms with E-state index in [-0.39, 0.29) is 0 Å². The molecule has 0 heterocycles. The van der Waals surface area contributed by atoms with Crippen LogP contribution in [0.25, 0.3) is 10.8 Å². The first-order valence-corrected chi connectivity index (χ1v) is 9.00. The van der Waals surface area contributed by atoms with Crippen molar-refractivity contribution in [3.8, 4) is 11.2 Å². The van der Waals surface area contributed by atoms with Crippen LogP contribution >= 0.6 is 0 Å². The molecule has 4 heteroatoms. The van der Waals surface area contributed by atoms with E-state index >= 15 is 0 Å². The molecule has 120 valence electrons. The van der Waals surface area contributed by atoms with Crippen LogP contribution in [0.3, 0.4) is 0 Å². The Hall–Kier alpha value is -2.61. The highest BCUT2D eigenvalue weighted by Gasteiger charge is 2.14. The normalized spacial score (nSPS) is 11.2. The highest BCUT2D eigenvalue weighted by atomic mass is 32.2. The van der Waals surface area contributed by atoms with Crippen LogP contribution in [0.1, 0.15) is 11.1 Å². The number of sulfonamides is 1. The smallest absolute Gasteiger partial charge is 0.198 e. The topological polar surface area (TPSA) is 37.4 Å². The van der Waals surface area contributed by atoms with Crippen LogP contribution < -0.4 is 0 Å². The van der Waals surface area contributed by atoms with Gasteiger partial charge in [0.2, 0.25) is 0 Å². The van der Waals surface area contributed by atoms with Crippen molar-refractivity contribution < 1.29 is 8.42 Å². The minimum Gasteiger partial charge on any atom is -0.198 e. The van der Waals surface area contributed by atoms with Gasteiger partial charge in [0.25, 0.3) is 10.0 Å². The molecule has 0 aliphatic heterocycles. The lowest BCUT2D eigenvalue weighted by molar-refractivity contribution is 0.477. The van der Waals surface area contributed by atoms with Gasteiger partial charge in [-0.1, -0.05) is 60.7 Å². The monoisotopic (exact) mass is 335 g/mol. The van der Waals surface area contributed by atoms with Crippen molar-refractivity contribution >= 4 is 20.8 Å². The van der Waals surface area contributed by atoms with Crippen LogP contribution in [0.2, 0.25) is 0 Å². The maximum absolute atomic E-state index is 12.3. The molecule has 0 saturated heterocycles. The molecule has 0 N–H and O–H groups in total. The summed E-state index contributed by atoms with van der Waals surface area (Å²) in [5, 5.41) is 4.55. The zero-order valence-electron chi connectivity index (χ0n) is 13.3. The van der Waals surface area contributed by atoms with Crippen LogP contribution in [0, 0.1) is 11.2 Å². The van der Waals surface area contributed by atoms with Gasteiger partial charge in [0.1, 0.15) is 0 Å². The Labute approximate surface area is 142 Å². The van der Waals surface area contributed by atoms with E-state index in [9.17, 15) is 8.42 Å². The van der Waals surface area contributed by atoms with Crippen LogP contribution in [-0.2, 0) is 16.6 Å². The standard InChI is InChI=1S/C20H17NO2S/c1-21(16-18-7-3-2-4-8-18)24(22,23)14-13-17-11-12-19-9-5-6-10-20(19)15-17/h2-12,15H,16H2,1H3. The van der Waals surface area contributed by atoms with Gasteiger partial charge in [-0.05, 0) is 34.4 Å². The van der Waals surface area contributed by atoms with Gasteiger partial charge in [0.05, 0.1) is 0 Å². The van der Waals surface area contributed by atoms with Crippen molar-refractivity contribution in [1.29, 1.82) is 0 Å². The Balaban J connectivity index is 1.82. The summed E-state index contributed by atoms with van der Waals surface area (Å²) in [6.07, 6.45) is 0. The molecule has 3 aromatic rings. The second-order valence-corrected chi connectivity index (χ2v) is 7.31. The maximum atomic E-state index is 12.3. The lowest BCUT2D eigenvalue weighted by atomic mass is 10.1. The van der Waals surface area contributed by atoms with Crippen LogP contribution in [0.4, 0.5) is 0 Å². The SMILES string of the molecule is CN(Cc1ccccc1)S(=O)(=O)C#Cc1ccc2ccccc2c1. The summed E-state index contributed by atoms with van der Waals surface area (Å²) < 4.78 is 25.9. The molecular formula is C20H17NO2S. The molecule has 0 bridgehead atoms. The predicted molar refractivity (Wildman–Crippen MR) is 97.7 cm³/mol. The lowest BCUT2D eigenvalue weighted by Crippen LogP contribution is -2.24. The van der Waals surface area contributed by atoms with Crippen molar-refractivity contribution in [3.63, 3.8) is 0 Å². The van der Waals surface area contributed by atoms with Gasteiger partial charge >= 0.3 is 0 Å². The number of fused-ring (bicyclic) bond motifs is 1. The molecule has 0 fully saturated rings. The highest BCUT2D eigenvalue weighted by molar-refractivity contribution is 7.93. The lowest BCUT2D eigenvalue weighted by Gasteiger charge is -2.12. The van der Waals surface area contributed by atoms with Crippen LogP contribution in [0.15, 0.2) is 72.8 Å². The van der Waals surface area contributed by atoms with Crippen molar-refractivity contribution in [2.24, 2.45) is 0 Å². The molecule has 3 rings (SSSR count). The summed E-state index contributed by atoms with van der Waals surface area (Å²) in [6, 6.07) is 23.0. The van der Waals surface area contributed by atoms with E-state index < -0.39 is 10.0 Å². The summed E-state index contributed by atoms with van der Waals surface area (Å²) in [6.45, 7) is 0.301. The van der Waals surface area contributed by atoms with E-state index in [1.165, 1.54) is 11.4 Å². The van der Waals surface area contributed by atoms with Gasteiger partial charge < -0.3 is 0 Å². The summed E-state index contributed by atoms with van der Waals surface area (Å²) in [5.74, 6) is 2.76. The van der Waals surface area contributed by atoms with E-state index in [2.05, 4.69) is 11.2 Å². The average molecular weight is 335 g/mol. The van der Waals surface area contributed by atoms with Gasteiger partial charge in [-0.25, -0.2) is 0 Å². The summed E-state index contributed by atoms with van der Waals surface area (Å²) in [7, 11) is -2.10. The molecule has 0 aliphatic rings. The van der Waals surface area contributed by atoms with E-state index in [0.717, 1.165) is 16.3 Å². The first kappa shape index (κ1) is 16.3. The number of hydrogen-bond donors (Lipinski definition) is 0. The minimum absolute atomic E-state index is 0.301. The van der Waals surface area contributed by atoms with Crippen molar-refractivity contribution in [2.45, 2.75) is 6.54 Å². The van der Waals surface area contributed by atoms with Gasteiger partial charge in [-0.15, -0.1) is 0 Å². The predicted octanol–water partition coefficient (Wildman–Crippen LogP) is 3.61. The zero-order valence-corrected chi connectivity index (χ0v) is 14.1. The second-order valence-electron chi connectivity index (χ2n) is 5.54. The molecule has 24 heavy (non-hydrogen) atoms. The van der Waals surface area contributed by atoms with Crippen molar-refractivity contribution in [2.75, 3.05) is 7.05 Å². The largest absolute Gasteiger partial charge is 0.283 e. The first-order chi connectivity index (χ1) is 11.5.